The van der Waals surface area contributed by atoms with E-state index in [9.17, 15) is 0 Å². The van der Waals surface area contributed by atoms with Crippen molar-refractivity contribution in [2.45, 2.75) is 29.4 Å². The molecule has 0 saturated carbocycles. The Hall–Kier alpha value is -0.617. The van der Waals surface area contributed by atoms with Crippen molar-refractivity contribution in [2.75, 3.05) is 0 Å². The molecule has 2 aromatic rings. The molecule has 0 N–H and O–H groups in total. The average molecular weight is 451 g/mol. The molecule has 0 spiro atoms. The van der Waals surface area contributed by atoms with Gasteiger partial charge in [-0.05, 0) is 0 Å². The van der Waals surface area contributed by atoms with Crippen LogP contribution in [0.4, 0.5) is 0 Å². The molecular formula is C22H24Cl2Zr. The van der Waals surface area contributed by atoms with Crippen LogP contribution in [0.1, 0.15) is 40.6 Å². The maximum Gasteiger partial charge on any atom is -0.147 e. The van der Waals surface area contributed by atoms with Gasteiger partial charge in [0.05, 0.1) is 0 Å². The molecule has 5 rings (SSSR count). The summed E-state index contributed by atoms with van der Waals surface area (Å²) < 4.78 is 4.70. The van der Waals surface area contributed by atoms with Crippen LogP contribution in [0.15, 0.2) is 48.6 Å². The summed E-state index contributed by atoms with van der Waals surface area (Å²) in [6.07, 6.45) is 9.96. The molecule has 0 aromatic heterocycles. The Morgan fingerprint density at radius 1 is 0.720 bits per heavy atom. The van der Waals surface area contributed by atoms with Gasteiger partial charge in [-0.2, -0.15) is 0 Å². The summed E-state index contributed by atoms with van der Waals surface area (Å²) in [6, 6.07) is 13.7. The predicted molar refractivity (Wildman–Crippen MR) is 110 cm³/mol. The van der Waals surface area contributed by atoms with Crippen LogP contribution < -0.4 is 0 Å². The molecule has 0 bridgehead atoms. The Morgan fingerprint density at radius 2 is 1.16 bits per heavy atom. The van der Waals surface area contributed by atoms with Gasteiger partial charge in [0, 0.05) is 0 Å². The van der Waals surface area contributed by atoms with Crippen LogP contribution in [0.5, 0.6) is 0 Å². The third kappa shape index (κ3) is 2.75. The van der Waals surface area contributed by atoms with Crippen molar-refractivity contribution in [3.63, 3.8) is 0 Å². The molecule has 3 heteroatoms. The van der Waals surface area contributed by atoms with Gasteiger partial charge in [-0.1, -0.05) is 0 Å². The molecule has 0 nitrogen and oxygen atoms in total. The van der Waals surface area contributed by atoms with Crippen molar-refractivity contribution in [3.05, 3.63) is 81.9 Å². The van der Waals surface area contributed by atoms with Crippen LogP contribution in [-0.4, -0.2) is 0 Å². The fourth-order valence-corrected chi connectivity index (χ4v) is 21.1. The van der Waals surface area contributed by atoms with Gasteiger partial charge in [0.1, 0.15) is 0 Å². The molecule has 2 unspecified atom stereocenters. The second kappa shape index (κ2) is 6.84. The van der Waals surface area contributed by atoms with Crippen molar-refractivity contribution in [3.8, 4) is 0 Å². The Balaban J connectivity index is 0.000000911. The molecule has 1 heterocycles. The SMILES string of the molecule is Cc1cccc2c1[CH]([Zr]1([CH]3C=Cc4cccc(C)c43)[CH2][CH2]1)C=C2.Cl.Cl. The molecule has 3 aliphatic rings. The van der Waals surface area contributed by atoms with Crippen molar-refractivity contribution in [1.82, 2.24) is 0 Å². The largest absolute Gasteiger partial charge is 0.147 e. The van der Waals surface area contributed by atoms with Gasteiger partial charge in [-0.15, -0.1) is 24.8 Å². The summed E-state index contributed by atoms with van der Waals surface area (Å²) in [5, 5.41) is 0. The average Bonchev–Trinajstić information content (AvgIpc) is 3.03. The normalized spacial score (nSPS) is 23.4. The predicted octanol–water partition coefficient (Wildman–Crippen LogP) is 6.99. The van der Waals surface area contributed by atoms with Crippen molar-refractivity contribution in [1.29, 1.82) is 0 Å². The molecule has 0 amide bonds. The number of halogens is 2. The fraction of sp³-hybridized carbons (Fsp3) is 0.273. The van der Waals surface area contributed by atoms with Crippen molar-refractivity contribution >= 4 is 37.0 Å². The number of benzene rings is 2. The quantitative estimate of drug-likeness (QED) is 0.463. The van der Waals surface area contributed by atoms with Crippen LogP contribution in [0.2, 0.25) is 8.26 Å². The van der Waals surface area contributed by atoms with Gasteiger partial charge in [-0.25, -0.2) is 0 Å². The zero-order valence-electron chi connectivity index (χ0n) is 14.7. The van der Waals surface area contributed by atoms with E-state index >= 15 is 0 Å². The van der Waals surface area contributed by atoms with Gasteiger partial charge >= 0.3 is 144 Å². The molecule has 0 radical (unpaired) electrons. The molecular weight excluding hydrogens is 426 g/mol. The smallest absolute Gasteiger partial charge is 0.147 e. The van der Waals surface area contributed by atoms with E-state index in [-0.39, 0.29) is 24.8 Å². The van der Waals surface area contributed by atoms with Crippen molar-refractivity contribution in [2.24, 2.45) is 0 Å². The van der Waals surface area contributed by atoms with Crippen LogP contribution in [-0.2, 0) is 20.3 Å². The molecule has 2 atom stereocenters. The summed E-state index contributed by atoms with van der Waals surface area (Å²) in [5.41, 5.74) is 9.35. The van der Waals surface area contributed by atoms with Crippen LogP contribution in [0.25, 0.3) is 12.2 Å². The zero-order chi connectivity index (χ0) is 15.6. The third-order valence-corrected chi connectivity index (χ3v) is 18.9. The van der Waals surface area contributed by atoms with E-state index in [0.29, 0.717) is 0 Å². The molecule has 1 fully saturated rings. The molecule has 1 saturated heterocycles. The Bertz CT molecular complexity index is 808. The van der Waals surface area contributed by atoms with Crippen LogP contribution in [0.3, 0.4) is 0 Å². The first-order valence-electron chi connectivity index (χ1n) is 8.76. The van der Waals surface area contributed by atoms with E-state index in [1.54, 1.807) is 19.4 Å². The first-order valence-corrected chi connectivity index (χ1v) is 15.1. The molecule has 2 aromatic carbocycles. The number of allylic oxidation sites excluding steroid dienone is 2. The molecule has 25 heavy (non-hydrogen) atoms. The van der Waals surface area contributed by atoms with E-state index in [2.05, 4.69) is 74.5 Å². The second-order valence-electron chi connectivity index (χ2n) is 7.56. The van der Waals surface area contributed by atoms with Gasteiger partial charge in [0.15, 0.2) is 0 Å². The third-order valence-electron chi connectivity index (χ3n) is 6.34. The van der Waals surface area contributed by atoms with Gasteiger partial charge in [0.25, 0.3) is 0 Å². The summed E-state index contributed by atoms with van der Waals surface area (Å²) in [4.78, 5) is 0. The molecule has 1 aliphatic heterocycles. The number of hydrogen-bond acceptors (Lipinski definition) is 0. The van der Waals surface area contributed by atoms with E-state index in [1.807, 2.05) is 0 Å². The minimum Gasteiger partial charge on any atom is -0.147 e. The Labute approximate surface area is 167 Å². The Morgan fingerprint density at radius 3 is 1.56 bits per heavy atom. The van der Waals surface area contributed by atoms with Crippen molar-refractivity contribution < 1.29 is 20.3 Å². The van der Waals surface area contributed by atoms with E-state index in [0.717, 1.165) is 7.25 Å². The van der Waals surface area contributed by atoms with Crippen LogP contribution in [0, 0.1) is 13.8 Å². The monoisotopic (exact) mass is 448 g/mol. The summed E-state index contributed by atoms with van der Waals surface area (Å²) in [7, 11) is 0. The number of aryl methyl sites for hydroxylation is 2. The first kappa shape index (κ1) is 19.2. The number of rotatable bonds is 2. The van der Waals surface area contributed by atoms with Gasteiger partial charge < -0.3 is 0 Å². The first-order chi connectivity index (χ1) is 11.2. The maximum absolute atomic E-state index is 2.57. The summed E-state index contributed by atoms with van der Waals surface area (Å²) in [6.45, 7) is 4.62. The maximum atomic E-state index is 2.57. The number of fused-ring (bicyclic) bond motifs is 2. The topological polar surface area (TPSA) is 0 Å². The molecule has 130 valence electrons. The number of hydrogen-bond donors (Lipinski definition) is 0. The van der Waals surface area contributed by atoms with Gasteiger partial charge in [0.2, 0.25) is 0 Å². The Kier molecular flexibility index (Phi) is 5.24. The van der Waals surface area contributed by atoms with E-state index in [4.69, 9.17) is 0 Å². The standard InChI is InChI=1S/2C10H9.C2H4.2ClH.Zr/c2*1-8-4-2-5-9-6-3-7-10(8)9;1-2;;;/h2*2-7H,1H3;1-2H2;2*1H;. The second-order valence-corrected chi connectivity index (χ2v) is 19.1. The summed E-state index contributed by atoms with van der Waals surface area (Å²) in [5.74, 6) is 0. The van der Waals surface area contributed by atoms with Crippen LogP contribution >= 0.6 is 24.8 Å². The van der Waals surface area contributed by atoms with Gasteiger partial charge in [-0.3, -0.25) is 0 Å². The summed E-state index contributed by atoms with van der Waals surface area (Å²) >= 11 is -2.21. The zero-order valence-corrected chi connectivity index (χ0v) is 18.7. The molecule has 2 aliphatic carbocycles. The minimum atomic E-state index is -2.21. The van der Waals surface area contributed by atoms with E-state index in [1.165, 1.54) is 22.3 Å². The minimum absolute atomic E-state index is 0. The van der Waals surface area contributed by atoms with E-state index < -0.39 is 20.3 Å². The fourth-order valence-electron chi connectivity index (χ4n) is 5.06.